The minimum atomic E-state index is 0.227. The van der Waals surface area contributed by atoms with Crippen molar-refractivity contribution >= 4 is 5.82 Å². The first-order valence-electron chi connectivity index (χ1n) is 6.35. The van der Waals surface area contributed by atoms with E-state index in [1.165, 1.54) is 0 Å². The third kappa shape index (κ3) is 1.86. The molecule has 1 aromatic carbocycles. The number of nitrogens with two attached hydrogens (primary N) is 1. The van der Waals surface area contributed by atoms with Gasteiger partial charge in [-0.05, 0) is 24.3 Å². The Morgan fingerprint density at radius 1 is 1.10 bits per heavy atom. The van der Waals surface area contributed by atoms with Crippen LogP contribution in [0, 0.1) is 0 Å². The van der Waals surface area contributed by atoms with E-state index in [1.807, 2.05) is 36.4 Å². The Kier molecular flexibility index (Phi) is 2.50. The lowest BCUT2D eigenvalue weighted by molar-refractivity contribution is 0.174. The van der Waals surface area contributed by atoms with Gasteiger partial charge >= 0.3 is 0 Å². The number of rotatable bonds is 2. The topological polar surface area (TPSA) is 88.1 Å². The smallest absolute Gasteiger partial charge is 0.231 e. The van der Waals surface area contributed by atoms with Crippen molar-refractivity contribution < 1.29 is 9.47 Å². The SMILES string of the molecule is Nc1c(-c2ccccn2)nnn1-c1ccc2c(c1)OCO2. The molecule has 3 aromatic rings. The van der Waals surface area contributed by atoms with Gasteiger partial charge in [-0.1, -0.05) is 11.3 Å². The lowest BCUT2D eigenvalue weighted by Gasteiger charge is -2.04. The van der Waals surface area contributed by atoms with Crippen LogP contribution in [0.4, 0.5) is 5.82 Å². The maximum absolute atomic E-state index is 6.14. The number of pyridine rings is 1. The van der Waals surface area contributed by atoms with Crippen LogP contribution in [0.2, 0.25) is 0 Å². The fourth-order valence-corrected chi connectivity index (χ4v) is 2.18. The fourth-order valence-electron chi connectivity index (χ4n) is 2.18. The van der Waals surface area contributed by atoms with Crippen molar-refractivity contribution in [2.24, 2.45) is 0 Å². The van der Waals surface area contributed by atoms with Crippen LogP contribution in [0.25, 0.3) is 17.1 Å². The van der Waals surface area contributed by atoms with Crippen LogP contribution in [-0.2, 0) is 0 Å². The van der Waals surface area contributed by atoms with Gasteiger partial charge in [-0.15, -0.1) is 5.10 Å². The van der Waals surface area contributed by atoms with E-state index < -0.39 is 0 Å². The van der Waals surface area contributed by atoms with Crippen molar-refractivity contribution in [3.8, 4) is 28.6 Å². The van der Waals surface area contributed by atoms with Crippen molar-refractivity contribution in [3.63, 3.8) is 0 Å². The first kappa shape index (κ1) is 11.7. The van der Waals surface area contributed by atoms with Crippen LogP contribution >= 0.6 is 0 Å². The Hall–Kier alpha value is -3.09. The molecule has 21 heavy (non-hydrogen) atoms. The average Bonchev–Trinajstić information content (AvgIpc) is 3.13. The van der Waals surface area contributed by atoms with Crippen molar-refractivity contribution in [2.75, 3.05) is 12.5 Å². The van der Waals surface area contributed by atoms with Gasteiger partial charge < -0.3 is 15.2 Å². The van der Waals surface area contributed by atoms with Crippen molar-refractivity contribution in [2.45, 2.75) is 0 Å². The van der Waals surface area contributed by atoms with Gasteiger partial charge in [0.2, 0.25) is 6.79 Å². The Morgan fingerprint density at radius 3 is 2.86 bits per heavy atom. The van der Waals surface area contributed by atoms with Crippen LogP contribution in [-0.4, -0.2) is 26.8 Å². The molecule has 0 fully saturated rings. The number of anilines is 1. The van der Waals surface area contributed by atoms with Crippen molar-refractivity contribution in [3.05, 3.63) is 42.6 Å². The number of ether oxygens (including phenoxy) is 2. The van der Waals surface area contributed by atoms with Gasteiger partial charge in [0.25, 0.3) is 0 Å². The summed E-state index contributed by atoms with van der Waals surface area (Å²) in [6.45, 7) is 0.227. The number of benzene rings is 1. The summed E-state index contributed by atoms with van der Waals surface area (Å²) in [6.07, 6.45) is 1.69. The molecule has 0 saturated carbocycles. The van der Waals surface area contributed by atoms with E-state index in [-0.39, 0.29) is 6.79 Å². The number of hydrogen-bond donors (Lipinski definition) is 1. The normalized spacial score (nSPS) is 12.6. The van der Waals surface area contributed by atoms with E-state index in [1.54, 1.807) is 10.9 Å². The van der Waals surface area contributed by atoms with Crippen LogP contribution < -0.4 is 15.2 Å². The minimum Gasteiger partial charge on any atom is -0.454 e. The Labute approximate surface area is 119 Å². The zero-order valence-corrected chi connectivity index (χ0v) is 10.9. The summed E-state index contributed by atoms with van der Waals surface area (Å²) in [5.74, 6) is 1.80. The lowest BCUT2D eigenvalue weighted by atomic mass is 10.2. The molecule has 3 heterocycles. The van der Waals surface area contributed by atoms with E-state index in [2.05, 4.69) is 15.3 Å². The van der Waals surface area contributed by atoms with E-state index in [0.29, 0.717) is 28.7 Å². The number of hydrogen-bond acceptors (Lipinski definition) is 6. The highest BCUT2D eigenvalue weighted by Crippen LogP contribution is 2.34. The van der Waals surface area contributed by atoms with Crippen molar-refractivity contribution in [1.82, 2.24) is 20.0 Å². The molecule has 0 unspecified atom stereocenters. The van der Waals surface area contributed by atoms with Gasteiger partial charge in [0.05, 0.1) is 11.4 Å². The number of nitrogen functional groups attached to an aromatic ring is 1. The average molecular weight is 281 g/mol. The summed E-state index contributed by atoms with van der Waals surface area (Å²) < 4.78 is 12.2. The predicted molar refractivity (Wildman–Crippen MR) is 75.1 cm³/mol. The summed E-state index contributed by atoms with van der Waals surface area (Å²) in [4.78, 5) is 4.23. The molecule has 0 bridgehead atoms. The number of aromatic nitrogens is 4. The first-order chi connectivity index (χ1) is 10.3. The molecule has 7 nitrogen and oxygen atoms in total. The highest BCUT2D eigenvalue weighted by Gasteiger charge is 2.18. The maximum Gasteiger partial charge on any atom is 0.231 e. The largest absolute Gasteiger partial charge is 0.454 e. The van der Waals surface area contributed by atoms with Gasteiger partial charge in [0.1, 0.15) is 0 Å². The summed E-state index contributed by atoms with van der Waals surface area (Å²) in [6, 6.07) is 11.0. The zero-order chi connectivity index (χ0) is 14.2. The van der Waals surface area contributed by atoms with Gasteiger partial charge in [-0.25, -0.2) is 0 Å². The Bertz CT molecular complexity index is 800. The predicted octanol–water partition coefficient (Wildman–Crippen LogP) is 1.64. The summed E-state index contributed by atoms with van der Waals surface area (Å²) in [5, 5.41) is 8.20. The van der Waals surface area contributed by atoms with Gasteiger partial charge in [0.15, 0.2) is 23.0 Å². The molecule has 104 valence electrons. The van der Waals surface area contributed by atoms with Crippen LogP contribution in [0.15, 0.2) is 42.6 Å². The molecule has 0 saturated heterocycles. The third-order valence-electron chi connectivity index (χ3n) is 3.21. The number of nitrogens with zero attached hydrogens (tertiary/aromatic N) is 4. The summed E-state index contributed by atoms with van der Waals surface area (Å²) in [7, 11) is 0. The fraction of sp³-hybridized carbons (Fsp3) is 0.0714. The summed E-state index contributed by atoms with van der Waals surface area (Å²) >= 11 is 0. The molecule has 0 amide bonds. The second kappa shape index (κ2) is 4.48. The molecule has 7 heteroatoms. The van der Waals surface area contributed by atoms with Gasteiger partial charge in [-0.2, -0.15) is 4.68 Å². The Balaban J connectivity index is 1.79. The molecule has 0 atom stereocenters. The lowest BCUT2D eigenvalue weighted by Crippen LogP contribution is -2.02. The Morgan fingerprint density at radius 2 is 2.00 bits per heavy atom. The van der Waals surface area contributed by atoms with E-state index in [0.717, 1.165) is 5.69 Å². The van der Waals surface area contributed by atoms with Crippen molar-refractivity contribution in [1.29, 1.82) is 0 Å². The van der Waals surface area contributed by atoms with E-state index in [9.17, 15) is 0 Å². The van der Waals surface area contributed by atoms with Crippen LogP contribution in [0.5, 0.6) is 11.5 Å². The maximum atomic E-state index is 6.14. The molecule has 0 radical (unpaired) electrons. The first-order valence-corrected chi connectivity index (χ1v) is 6.35. The molecular weight excluding hydrogens is 270 g/mol. The number of fused-ring (bicyclic) bond motifs is 1. The standard InChI is InChI=1S/C14H11N5O2/c15-14-13(10-3-1-2-6-16-10)17-18-19(14)9-4-5-11-12(7-9)21-8-20-11/h1-7H,8,15H2. The van der Waals surface area contributed by atoms with E-state index in [4.69, 9.17) is 15.2 Å². The quantitative estimate of drug-likeness (QED) is 0.768. The molecule has 0 spiro atoms. The molecule has 1 aliphatic heterocycles. The van der Waals surface area contributed by atoms with E-state index >= 15 is 0 Å². The molecule has 1 aliphatic rings. The molecule has 2 aromatic heterocycles. The third-order valence-corrected chi connectivity index (χ3v) is 3.21. The highest BCUT2D eigenvalue weighted by atomic mass is 16.7. The van der Waals surface area contributed by atoms with Gasteiger partial charge in [-0.3, -0.25) is 4.98 Å². The van der Waals surface area contributed by atoms with Crippen LogP contribution in [0.1, 0.15) is 0 Å². The monoisotopic (exact) mass is 281 g/mol. The van der Waals surface area contributed by atoms with Gasteiger partial charge in [0, 0.05) is 12.3 Å². The second-order valence-electron chi connectivity index (χ2n) is 4.49. The second-order valence-corrected chi connectivity index (χ2v) is 4.49. The minimum absolute atomic E-state index is 0.227. The molecule has 0 aliphatic carbocycles. The zero-order valence-electron chi connectivity index (χ0n) is 10.9. The molecule has 2 N–H and O–H groups in total. The molecule has 4 rings (SSSR count). The van der Waals surface area contributed by atoms with Crippen LogP contribution in [0.3, 0.4) is 0 Å². The highest BCUT2D eigenvalue weighted by molar-refractivity contribution is 5.68. The molecular formula is C14H11N5O2. The summed E-state index contributed by atoms with van der Waals surface area (Å²) in [5.41, 5.74) is 8.13.